The van der Waals surface area contributed by atoms with Gasteiger partial charge in [0.2, 0.25) is 0 Å². The Bertz CT molecular complexity index is 1020. The van der Waals surface area contributed by atoms with Gasteiger partial charge in [-0.1, -0.05) is 42.5 Å². The predicted octanol–water partition coefficient (Wildman–Crippen LogP) is 2.84. The molecule has 2 heterocycles. The summed E-state index contributed by atoms with van der Waals surface area (Å²) in [6, 6.07) is 15.1. The molecule has 0 aliphatic carbocycles. The predicted molar refractivity (Wildman–Crippen MR) is 86.1 cm³/mol. The van der Waals surface area contributed by atoms with Crippen molar-refractivity contribution in [3.8, 4) is 22.5 Å². The zero-order chi connectivity index (χ0) is 16.5. The highest BCUT2D eigenvalue weighted by Gasteiger charge is 2.20. The number of carboxylic acid groups (broad SMARTS) is 1. The Kier molecular flexibility index (Phi) is 3.31. The van der Waals surface area contributed by atoms with Crippen molar-refractivity contribution in [2.45, 2.75) is 6.54 Å². The second-order valence-corrected chi connectivity index (χ2v) is 5.27. The summed E-state index contributed by atoms with van der Waals surface area (Å²) in [5, 5.41) is 17.0. The molecule has 0 saturated heterocycles. The Balaban J connectivity index is 2.00. The summed E-state index contributed by atoms with van der Waals surface area (Å²) in [5.74, 6) is -0.946. The van der Waals surface area contributed by atoms with E-state index in [-0.39, 0.29) is 6.54 Å². The normalized spacial score (nSPS) is 11.0. The Hall–Kier alpha value is -3.48. The second-order valence-electron chi connectivity index (χ2n) is 5.27. The number of hydrogen-bond donors (Lipinski definition) is 1. The highest BCUT2D eigenvalue weighted by Crippen LogP contribution is 2.34. The number of aromatic nitrogens is 4. The molecule has 0 aliphatic heterocycles. The first-order valence-corrected chi connectivity index (χ1v) is 7.28. The van der Waals surface area contributed by atoms with Gasteiger partial charge in [-0.05, 0) is 16.4 Å². The van der Waals surface area contributed by atoms with Gasteiger partial charge in [-0.2, -0.15) is 0 Å². The van der Waals surface area contributed by atoms with Crippen molar-refractivity contribution in [3.63, 3.8) is 0 Å². The van der Waals surface area contributed by atoms with Gasteiger partial charge in [0.1, 0.15) is 17.6 Å². The van der Waals surface area contributed by atoms with E-state index >= 15 is 0 Å². The van der Waals surface area contributed by atoms with E-state index in [9.17, 15) is 9.90 Å². The van der Waals surface area contributed by atoms with Crippen molar-refractivity contribution in [2.24, 2.45) is 0 Å². The van der Waals surface area contributed by atoms with Crippen molar-refractivity contribution in [3.05, 3.63) is 54.9 Å². The molecule has 0 bridgehead atoms. The number of imidazole rings is 1. The molecule has 0 aliphatic rings. The first-order valence-electron chi connectivity index (χ1n) is 7.28. The van der Waals surface area contributed by atoms with Crippen LogP contribution in [0.1, 0.15) is 0 Å². The van der Waals surface area contributed by atoms with E-state index in [2.05, 4.69) is 15.3 Å². The molecule has 7 nitrogen and oxygen atoms in total. The molecular formula is C17H12N4O3. The third-order valence-corrected chi connectivity index (χ3v) is 3.73. The molecule has 0 unspecified atom stereocenters. The average molecular weight is 320 g/mol. The van der Waals surface area contributed by atoms with Crippen LogP contribution in [-0.2, 0) is 11.3 Å². The molecule has 4 aromatic rings. The van der Waals surface area contributed by atoms with Crippen LogP contribution < -0.4 is 0 Å². The maximum atomic E-state index is 11.2. The molecule has 24 heavy (non-hydrogen) atoms. The minimum Gasteiger partial charge on any atom is -0.480 e. The second kappa shape index (κ2) is 5.62. The number of aliphatic carboxylic acids is 1. The lowest BCUT2D eigenvalue weighted by molar-refractivity contribution is -0.137. The number of carbonyl (C=O) groups is 1. The fourth-order valence-corrected chi connectivity index (χ4v) is 2.73. The zero-order valence-electron chi connectivity index (χ0n) is 12.5. The molecule has 0 fully saturated rings. The van der Waals surface area contributed by atoms with E-state index in [1.54, 1.807) is 10.6 Å². The molecule has 7 heteroatoms. The molecule has 2 aromatic carbocycles. The van der Waals surface area contributed by atoms with Crippen LogP contribution in [-0.4, -0.2) is 30.9 Å². The molecule has 0 spiro atoms. The van der Waals surface area contributed by atoms with Crippen molar-refractivity contribution >= 4 is 17.0 Å². The van der Waals surface area contributed by atoms with Crippen molar-refractivity contribution in [1.82, 2.24) is 19.9 Å². The summed E-state index contributed by atoms with van der Waals surface area (Å²) in [4.78, 5) is 15.6. The van der Waals surface area contributed by atoms with Crippen molar-refractivity contribution in [1.29, 1.82) is 0 Å². The number of nitrogens with zero attached hydrogens (tertiary/aromatic N) is 4. The van der Waals surface area contributed by atoms with Crippen LogP contribution in [0.5, 0.6) is 0 Å². The topological polar surface area (TPSA) is 94.0 Å². The molecule has 1 N–H and O–H groups in total. The smallest absolute Gasteiger partial charge is 0.323 e. The number of hydrogen-bond acceptors (Lipinski definition) is 5. The standard InChI is InChI=1S/C17H12N4O3/c22-14(23)9-21-10-18-15(11-5-2-1-3-6-11)17(21)12-7-4-8-13-16(12)20-24-19-13/h1-8,10H,9H2,(H,22,23). The Morgan fingerprint density at radius 2 is 1.92 bits per heavy atom. The molecule has 2 aromatic heterocycles. The van der Waals surface area contributed by atoms with Crippen LogP contribution in [0.2, 0.25) is 0 Å². The van der Waals surface area contributed by atoms with Gasteiger partial charge in [-0.25, -0.2) is 9.61 Å². The Labute approximate surface area is 136 Å². The van der Waals surface area contributed by atoms with E-state index in [4.69, 9.17) is 4.63 Å². The van der Waals surface area contributed by atoms with Crippen LogP contribution in [0, 0.1) is 0 Å². The molecule has 118 valence electrons. The minimum atomic E-state index is -0.946. The lowest BCUT2D eigenvalue weighted by Crippen LogP contribution is -2.09. The van der Waals surface area contributed by atoms with Crippen LogP contribution in [0.25, 0.3) is 33.5 Å². The molecule has 0 amide bonds. The maximum Gasteiger partial charge on any atom is 0.323 e. The van der Waals surface area contributed by atoms with Gasteiger partial charge < -0.3 is 9.67 Å². The van der Waals surface area contributed by atoms with E-state index in [0.717, 1.165) is 11.1 Å². The van der Waals surface area contributed by atoms with Crippen LogP contribution >= 0.6 is 0 Å². The van der Waals surface area contributed by atoms with E-state index < -0.39 is 5.97 Å². The van der Waals surface area contributed by atoms with Crippen LogP contribution in [0.4, 0.5) is 0 Å². The largest absolute Gasteiger partial charge is 0.480 e. The fraction of sp³-hybridized carbons (Fsp3) is 0.0588. The quantitative estimate of drug-likeness (QED) is 0.621. The van der Waals surface area contributed by atoms with Crippen molar-refractivity contribution in [2.75, 3.05) is 0 Å². The first-order chi connectivity index (χ1) is 11.7. The van der Waals surface area contributed by atoms with Gasteiger partial charge in [0.25, 0.3) is 0 Å². The fourth-order valence-electron chi connectivity index (χ4n) is 2.73. The first kappa shape index (κ1) is 14.1. The molecule has 4 rings (SSSR count). The zero-order valence-corrected chi connectivity index (χ0v) is 12.5. The van der Waals surface area contributed by atoms with Crippen LogP contribution in [0.15, 0.2) is 59.5 Å². The van der Waals surface area contributed by atoms with Gasteiger partial charge in [0.15, 0.2) is 0 Å². The third-order valence-electron chi connectivity index (χ3n) is 3.73. The monoisotopic (exact) mass is 320 g/mol. The summed E-state index contributed by atoms with van der Waals surface area (Å²) in [5.41, 5.74) is 4.16. The van der Waals surface area contributed by atoms with Gasteiger partial charge in [0, 0.05) is 11.1 Å². The van der Waals surface area contributed by atoms with E-state index in [1.165, 1.54) is 6.33 Å². The lowest BCUT2D eigenvalue weighted by atomic mass is 10.0. The molecule has 0 radical (unpaired) electrons. The number of fused-ring (bicyclic) bond motifs is 1. The van der Waals surface area contributed by atoms with Gasteiger partial charge in [0.05, 0.1) is 17.7 Å². The average Bonchev–Trinajstić information content (AvgIpc) is 3.21. The molecule has 0 saturated carbocycles. The molecule has 0 atom stereocenters. The minimum absolute atomic E-state index is 0.198. The van der Waals surface area contributed by atoms with Crippen molar-refractivity contribution < 1.29 is 14.5 Å². The van der Waals surface area contributed by atoms with Gasteiger partial charge in [-0.15, -0.1) is 0 Å². The highest BCUT2D eigenvalue weighted by atomic mass is 16.6. The maximum absolute atomic E-state index is 11.2. The summed E-state index contributed by atoms with van der Waals surface area (Å²) in [6.07, 6.45) is 1.53. The summed E-state index contributed by atoms with van der Waals surface area (Å²) in [6.45, 7) is -0.198. The van der Waals surface area contributed by atoms with Crippen LogP contribution in [0.3, 0.4) is 0 Å². The van der Waals surface area contributed by atoms with Gasteiger partial charge >= 0.3 is 5.97 Å². The summed E-state index contributed by atoms with van der Waals surface area (Å²) in [7, 11) is 0. The molecular weight excluding hydrogens is 308 g/mol. The van der Waals surface area contributed by atoms with Gasteiger partial charge in [-0.3, -0.25) is 4.79 Å². The highest BCUT2D eigenvalue weighted by molar-refractivity contribution is 5.94. The Morgan fingerprint density at radius 1 is 1.08 bits per heavy atom. The SMILES string of the molecule is O=C(O)Cn1cnc(-c2ccccc2)c1-c1cccc2nonc12. The summed E-state index contributed by atoms with van der Waals surface area (Å²) < 4.78 is 6.42. The number of rotatable bonds is 4. The summed E-state index contributed by atoms with van der Waals surface area (Å²) >= 11 is 0. The van der Waals surface area contributed by atoms with E-state index in [1.807, 2.05) is 42.5 Å². The lowest BCUT2D eigenvalue weighted by Gasteiger charge is -2.09. The number of carboxylic acids is 1. The Morgan fingerprint density at radius 3 is 2.71 bits per heavy atom. The van der Waals surface area contributed by atoms with E-state index in [0.29, 0.717) is 22.4 Å². The number of benzene rings is 2. The third kappa shape index (κ3) is 2.32.